The molecule has 31 heavy (non-hydrogen) atoms. The van der Waals surface area contributed by atoms with E-state index in [-0.39, 0.29) is 17.9 Å². The molecule has 2 heterocycles. The topological polar surface area (TPSA) is 74.3 Å². The Morgan fingerprint density at radius 2 is 1.84 bits per heavy atom. The van der Waals surface area contributed by atoms with E-state index >= 15 is 0 Å². The SMILES string of the molecule is CCCCn1c(SCc2c(C(=O)OCC)oc3ccccc23)nc2ccccc2c1=O. The van der Waals surface area contributed by atoms with Gasteiger partial charge >= 0.3 is 5.97 Å². The number of carbonyl (C=O) groups excluding carboxylic acids is 1. The van der Waals surface area contributed by atoms with Gasteiger partial charge in [0.25, 0.3) is 5.56 Å². The normalized spacial score (nSPS) is 11.3. The second-order valence-corrected chi connectivity index (χ2v) is 8.08. The van der Waals surface area contributed by atoms with Crippen LogP contribution in [-0.2, 0) is 17.0 Å². The fraction of sp³-hybridized carbons (Fsp3) is 0.292. The summed E-state index contributed by atoms with van der Waals surface area (Å²) in [7, 11) is 0. The summed E-state index contributed by atoms with van der Waals surface area (Å²) in [6.07, 6.45) is 1.86. The monoisotopic (exact) mass is 436 g/mol. The van der Waals surface area contributed by atoms with Crippen molar-refractivity contribution in [2.75, 3.05) is 6.61 Å². The third-order valence-corrected chi connectivity index (χ3v) is 6.07. The van der Waals surface area contributed by atoms with Crippen LogP contribution in [0.1, 0.15) is 42.8 Å². The van der Waals surface area contributed by atoms with Crippen LogP contribution in [0.25, 0.3) is 21.9 Å². The first-order valence-corrected chi connectivity index (χ1v) is 11.4. The average Bonchev–Trinajstić information content (AvgIpc) is 3.16. The van der Waals surface area contributed by atoms with Gasteiger partial charge in [0, 0.05) is 23.2 Å². The van der Waals surface area contributed by atoms with Crippen LogP contribution >= 0.6 is 11.8 Å². The lowest BCUT2D eigenvalue weighted by Crippen LogP contribution is -2.23. The van der Waals surface area contributed by atoms with Crippen molar-refractivity contribution in [3.8, 4) is 0 Å². The number of carbonyl (C=O) groups is 1. The smallest absolute Gasteiger partial charge is 0.374 e. The average molecular weight is 437 g/mol. The molecule has 4 aromatic rings. The van der Waals surface area contributed by atoms with Gasteiger partial charge in [-0.3, -0.25) is 9.36 Å². The van der Waals surface area contributed by atoms with Gasteiger partial charge in [0.15, 0.2) is 5.16 Å². The number of rotatable bonds is 8. The van der Waals surface area contributed by atoms with Crippen LogP contribution in [0.15, 0.2) is 62.9 Å². The van der Waals surface area contributed by atoms with Gasteiger partial charge in [0.1, 0.15) is 5.58 Å². The van der Waals surface area contributed by atoms with Gasteiger partial charge in [-0.05, 0) is 31.5 Å². The molecule has 0 saturated heterocycles. The lowest BCUT2D eigenvalue weighted by atomic mass is 10.1. The number of thioether (sulfide) groups is 1. The molecule has 0 N–H and O–H groups in total. The lowest BCUT2D eigenvalue weighted by molar-refractivity contribution is 0.0491. The first-order valence-electron chi connectivity index (χ1n) is 10.4. The molecule has 2 aromatic carbocycles. The highest BCUT2D eigenvalue weighted by molar-refractivity contribution is 7.98. The minimum atomic E-state index is -0.482. The van der Waals surface area contributed by atoms with Crippen LogP contribution < -0.4 is 5.56 Å². The highest BCUT2D eigenvalue weighted by Crippen LogP contribution is 2.32. The number of aromatic nitrogens is 2. The third kappa shape index (κ3) is 4.23. The number of hydrogen-bond acceptors (Lipinski definition) is 6. The van der Waals surface area contributed by atoms with Crippen molar-refractivity contribution >= 4 is 39.6 Å². The summed E-state index contributed by atoms with van der Waals surface area (Å²) >= 11 is 1.43. The predicted octanol–water partition coefficient (Wildman–Crippen LogP) is 5.41. The summed E-state index contributed by atoms with van der Waals surface area (Å²) in [6.45, 7) is 4.73. The number of unbranched alkanes of at least 4 members (excludes halogenated alkanes) is 1. The minimum absolute atomic E-state index is 0.0378. The molecule has 160 valence electrons. The Morgan fingerprint density at radius 3 is 2.61 bits per heavy atom. The zero-order valence-corrected chi connectivity index (χ0v) is 18.4. The summed E-state index contributed by atoms with van der Waals surface area (Å²) in [6, 6.07) is 14.9. The molecular weight excluding hydrogens is 412 g/mol. The van der Waals surface area contributed by atoms with Crippen molar-refractivity contribution in [1.29, 1.82) is 0 Å². The van der Waals surface area contributed by atoms with Crippen LogP contribution in [0.5, 0.6) is 0 Å². The Labute approximate surface area is 184 Å². The number of fused-ring (bicyclic) bond motifs is 2. The van der Waals surface area contributed by atoms with E-state index in [1.807, 2.05) is 48.5 Å². The molecule has 0 unspecified atom stereocenters. The maximum absolute atomic E-state index is 13.1. The second kappa shape index (κ2) is 9.39. The summed E-state index contributed by atoms with van der Waals surface area (Å²) in [5.41, 5.74) is 2.02. The van der Waals surface area contributed by atoms with E-state index in [0.717, 1.165) is 23.8 Å². The Balaban J connectivity index is 1.75. The van der Waals surface area contributed by atoms with Crippen LogP contribution in [0.4, 0.5) is 0 Å². The Morgan fingerprint density at radius 1 is 1.10 bits per heavy atom. The first kappa shape index (κ1) is 21.2. The van der Waals surface area contributed by atoms with Gasteiger partial charge in [-0.1, -0.05) is 55.4 Å². The van der Waals surface area contributed by atoms with Crippen molar-refractivity contribution in [3.63, 3.8) is 0 Å². The van der Waals surface area contributed by atoms with Crippen LogP contribution in [0.2, 0.25) is 0 Å². The van der Waals surface area contributed by atoms with Crippen molar-refractivity contribution in [2.24, 2.45) is 0 Å². The van der Waals surface area contributed by atoms with Crippen molar-refractivity contribution < 1.29 is 13.9 Å². The maximum Gasteiger partial charge on any atom is 0.374 e. The van der Waals surface area contributed by atoms with Gasteiger partial charge < -0.3 is 9.15 Å². The number of hydrogen-bond donors (Lipinski definition) is 0. The molecule has 0 aliphatic carbocycles. The van der Waals surface area contributed by atoms with Gasteiger partial charge in [0.05, 0.1) is 17.5 Å². The molecule has 0 atom stereocenters. The number of furan rings is 1. The second-order valence-electron chi connectivity index (χ2n) is 7.14. The summed E-state index contributed by atoms with van der Waals surface area (Å²) in [4.78, 5) is 30.4. The Bertz CT molecular complexity index is 1290. The molecule has 2 aromatic heterocycles. The summed E-state index contributed by atoms with van der Waals surface area (Å²) < 4.78 is 12.7. The van der Waals surface area contributed by atoms with Crippen molar-refractivity contribution in [2.45, 2.75) is 44.1 Å². The molecule has 0 bridgehead atoms. The van der Waals surface area contributed by atoms with E-state index in [1.54, 1.807) is 11.5 Å². The van der Waals surface area contributed by atoms with Crippen molar-refractivity contribution in [3.05, 3.63) is 70.2 Å². The fourth-order valence-electron chi connectivity index (χ4n) is 3.51. The van der Waals surface area contributed by atoms with Crippen molar-refractivity contribution in [1.82, 2.24) is 9.55 Å². The van der Waals surface area contributed by atoms with Crippen LogP contribution in [-0.4, -0.2) is 22.1 Å². The van der Waals surface area contributed by atoms with E-state index in [0.29, 0.717) is 33.9 Å². The molecule has 0 saturated carbocycles. The molecule has 4 rings (SSSR count). The predicted molar refractivity (Wildman–Crippen MR) is 123 cm³/mol. The lowest BCUT2D eigenvalue weighted by Gasteiger charge is -2.13. The van der Waals surface area contributed by atoms with Gasteiger partial charge in [0.2, 0.25) is 5.76 Å². The van der Waals surface area contributed by atoms with Gasteiger partial charge in [-0.15, -0.1) is 0 Å². The highest BCUT2D eigenvalue weighted by atomic mass is 32.2. The molecule has 0 fully saturated rings. The number of esters is 1. The maximum atomic E-state index is 13.1. The zero-order chi connectivity index (χ0) is 21.8. The van der Waals surface area contributed by atoms with E-state index in [2.05, 4.69) is 6.92 Å². The molecule has 0 aliphatic heterocycles. The molecule has 0 radical (unpaired) electrons. The van der Waals surface area contributed by atoms with Crippen LogP contribution in [0, 0.1) is 0 Å². The van der Waals surface area contributed by atoms with Gasteiger partial charge in [-0.25, -0.2) is 9.78 Å². The molecule has 6 nitrogen and oxygen atoms in total. The minimum Gasteiger partial charge on any atom is -0.460 e. The molecule has 7 heteroatoms. The Kier molecular flexibility index (Phi) is 6.42. The largest absolute Gasteiger partial charge is 0.460 e. The summed E-state index contributed by atoms with van der Waals surface area (Å²) in [5.74, 6) is 0.158. The van der Waals surface area contributed by atoms with Crippen LogP contribution in [0.3, 0.4) is 0 Å². The molecule has 0 aliphatic rings. The third-order valence-electron chi connectivity index (χ3n) is 5.07. The quantitative estimate of drug-likeness (QED) is 0.209. The molecular formula is C24H24N2O4S. The fourth-order valence-corrected chi connectivity index (χ4v) is 4.56. The zero-order valence-electron chi connectivity index (χ0n) is 17.6. The standard InChI is InChI=1S/C24H24N2O4S/c1-3-5-14-26-22(27)17-11-6-8-12-19(17)25-24(26)31-15-18-16-10-7-9-13-20(16)30-21(18)23(28)29-4-2/h6-13H,3-5,14-15H2,1-2H3. The molecule has 0 spiro atoms. The summed E-state index contributed by atoms with van der Waals surface area (Å²) in [5, 5.41) is 2.11. The number of benzene rings is 2. The van der Waals surface area contributed by atoms with E-state index < -0.39 is 5.97 Å². The Hall–Kier alpha value is -3.06. The number of ether oxygens (including phenoxy) is 1. The molecule has 0 amide bonds. The van der Waals surface area contributed by atoms with Gasteiger partial charge in [-0.2, -0.15) is 0 Å². The van der Waals surface area contributed by atoms with E-state index in [4.69, 9.17) is 14.1 Å². The first-order chi connectivity index (χ1) is 15.1. The van der Waals surface area contributed by atoms with E-state index in [9.17, 15) is 9.59 Å². The highest BCUT2D eigenvalue weighted by Gasteiger charge is 2.22. The number of nitrogens with zero attached hydrogens (tertiary/aromatic N) is 2. The van der Waals surface area contributed by atoms with E-state index in [1.165, 1.54) is 11.8 Å². The number of para-hydroxylation sites is 2.